The lowest BCUT2D eigenvalue weighted by molar-refractivity contribution is 0.302. The van der Waals surface area contributed by atoms with E-state index in [2.05, 4.69) is 20.9 Å². The first-order chi connectivity index (χ1) is 9.24. The van der Waals surface area contributed by atoms with E-state index in [1.54, 1.807) is 0 Å². The maximum absolute atomic E-state index is 5.88. The molecule has 2 N–H and O–H groups in total. The van der Waals surface area contributed by atoms with Gasteiger partial charge in [-0.25, -0.2) is 4.98 Å². The van der Waals surface area contributed by atoms with E-state index >= 15 is 0 Å². The second kappa shape index (κ2) is 4.93. The van der Waals surface area contributed by atoms with Crippen molar-refractivity contribution in [1.82, 2.24) is 9.38 Å². The molecular formula is C14H12BrN3O. The molecule has 0 amide bonds. The molecule has 96 valence electrons. The molecule has 3 rings (SSSR count). The Balaban J connectivity index is 1.82. The molecule has 0 fully saturated rings. The van der Waals surface area contributed by atoms with E-state index in [1.165, 1.54) is 0 Å². The van der Waals surface area contributed by atoms with Crippen LogP contribution in [0.1, 0.15) is 5.69 Å². The van der Waals surface area contributed by atoms with Gasteiger partial charge in [0.05, 0.1) is 15.9 Å². The van der Waals surface area contributed by atoms with Gasteiger partial charge in [-0.15, -0.1) is 0 Å². The molecule has 1 aromatic carbocycles. The minimum atomic E-state index is 0.383. The fourth-order valence-electron chi connectivity index (χ4n) is 1.88. The van der Waals surface area contributed by atoms with Crippen LogP contribution in [0, 0.1) is 0 Å². The topological polar surface area (TPSA) is 52.5 Å². The van der Waals surface area contributed by atoms with Crippen LogP contribution in [0.5, 0.6) is 5.75 Å². The van der Waals surface area contributed by atoms with E-state index in [9.17, 15) is 0 Å². The molecule has 0 aliphatic heterocycles. The number of nitrogen functional groups attached to an aromatic ring is 1. The number of para-hydroxylation sites is 1. The summed E-state index contributed by atoms with van der Waals surface area (Å²) in [4.78, 5) is 4.47. The zero-order chi connectivity index (χ0) is 13.2. The minimum absolute atomic E-state index is 0.383. The van der Waals surface area contributed by atoms with Crippen molar-refractivity contribution < 1.29 is 4.74 Å². The van der Waals surface area contributed by atoms with Crippen molar-refractivity contribution in [3.63, 3.8) is 0 Å². The number of pyridine rings is 1. The highest BCUT2D eigenvalue weighted by atomic mass is 79.9. The van der Waals surface area contributed by atoms with Gasteiger partial charge >= 0.3 is 0 Å². The number of nitrogens with two attached hydrogens (primary N) is 1. The number of fused-ring (bicyclic) bond motifs is 1. The predicted molar refractivity (Wildman–Crippen MR) is 78.1 cm³/mol. The SMILES string of the molecule is Nc1cccc(Br)c1OCc1cn2ccccc2n1. The van der Waals surface area contributed by atoms with E-state index in [0.29, 0.717) is 18.0 Å². The molecular weight excluding hydrogens is 306 g/mol. The Morgan fingerprint density at radius 2 is 2.11 bits per heavy atom. The van der Waals surface area contributed by atoms with Crippen molar-refractivity contribution in [3.05, 3.63) is 59.0 Å². The van der Waals surface area contributed by atoms with Gasteiger partial charge in [-0.3, -0.25) is 0 Å². The molecule has 0 spiro atoms. The highest BCUT2D eigenvalue weighted by Gasteiger charge is 2.07. The Morgan fingerprint density at radius 1 is 1.21 bits per heavy atom. The lowest BCUT2D eigenvalue weighted by Gasteiger charge is -2.09. The molecule has 3 aromatic rings. The molecule has 0 aliphatic carbocycles. The second-order valence-electron chi connectivity index (χ2n) is 4.15. The largest absolute Gasteiger partial charge is 0.484 e. The average molecular weight is 318 g/mol. The van der Waals surface area contributed by atoms with Gasteiger partial charge in [0.25, 0.3) is 0 Å². The minimum Gasteiger partial charge on any atom is -0.484 e. The Hall–Kier alpha value is -2.01. The molecule has 5 heteroatoms. The third-order valence-electron chi connectivity index (χ3n) is 2.78. The van der Waals surface area contributed by atoms with Crippen LogP contribution in [0.3, 0.4) is 0 Å². The summed E-state index contributed by atoms with van der Waals surface area (Å²) < 4.78 is 8.54. The Labute approximate surface area is 119 Å². The quantitative estimate of drug-likeness (QED) is 0.754. The van der Waals surface area contributed by atoms with E-state index < -0.39 is 0 Å². The molecule has 0 radical (unpaired) electrons. The van der Waals surface area contributed by atoms with Crippen LogP contribution in [-0.2, 0) is 6.61 Å². The fourth-order valence-corrected chi connectivity index (χ4v) is 2.38. The van der Waals surface area contributed by atoms with Gasteiger partial charge in [-0.05, 0) is 40.2 Å². The number of rotatable bonds is 3. The Kier molecular flexibility index (Phi) is 3.13. The fraction of sp³-hybridized carbons (Fsp3) is 0.0714. The number of ether oxygens (including phenoxy) is 1. The Morgan fingerprint density at radius 3 is 2.89 bits per heavy atom. The van der Waals surface area contributed by atoms with Crippen LogP contribution in [0.25, 0.3) is 5.65 Å². The number of imidazole rings is 1. The molecule has 0 aliphatic rings. The highest BCUT2D eigenvalue weighted by molar-refractivity contribution is 9.10. The molecule has 2 aromatic heterocycles. The molecule has 19 heavy (non-hydrogen) atoms. The van der Waals surface area contributed by atoms with Gasteiger partial charge < -0.3 is 14.9 Å². The summed E-state index contributed by atoms with van der Waals surface area (Å²) in [5, 5.41) is 0. The van der Waals surface area contributed by atoms with Crippen molar-refractivity contribution in [1.29, 1.82) is 0 Å². The number of hydrogen-bond donors (Lipinski definition) is 1. The first kappa shape index (κ1) is 12.0. The van der Waals surface area contributed by atoms with Crippen molar-refractivity contribution in [2.24, 2.45) is 0 Å². The first-order valence-electron chi connectivity index (χ1n) is 5.83. The van der Waals surface area contributed by atoms with Gasteiger partial charge in [0.15, 0.2) is 5.75 Å². The van der Waals surface area contributed by atoms with Crippen LogP contribution in [0.2, 0.25) is 0 Å². The van der Waals surface area contributed by atoms with Gasteiger partial charge in [-0.2, -0.15) is 0 Å². The van der Waals surface area contributed by atoms with Crippen molar-refractivity contribution in [2.45, 2.75) is 6.61 Å². The number of nitrogens with zero attached hydrogens (tertiary/aromatic N) is 2. The standard InChI is InChI=1S/C14H12BrN3O/c15-11-4-3-5-12(16)14(11)19-9-10-8-18-7-2-1-6-13(18)17-10/h1-8H,9,16H2. The molecule has 0 bridgehead atoms. The molecule has 0 saturated heterocycles. The van der Waals surface area contributed by atoms with E-state index in [0.717, 1.165) is 15.8 Å². The summed E-state index contributed by atoms with van der Waals surface area (Å²) in [5.41, 5.74) is 8.26. The van der Waals surface area contributed by atoms with Gasteiger partial charge in [0.1, 0.15) is 12.3 Å². The van der Waals surface area contributed by atoms with Gasteiger partial charge in [0.2, 0.25) is 0 Å². The van der Waals surface area contributed by atoms with E-state index in [4.69, 9.17) is 10.5 Å². The zero-order valence-corrected chi connectivity index (χ0v) is 11.7. The van der Waals surface area contributed by atoms with Crippen molar-refractivity contribution >= 4 is 27.3 Å². The Bertz CT molecular complexity index is 670. The summed E-state index contributed by atoms with van der Waals surface area (Å²) in [6, 6.07) is 11.5. The summed E-state index contributed by atoms with van der Waals surface area (Å²) in [6.07, 6.45) is 3.90. The van der Waals surface area contributed by atoms with Gasteiger partial charge in [0, 0.05) is 12.4 Å². The molecule has 0 atom stereocenters. The second-order valence-corrected chi connectivity index (χ2v) is 5.00. The van der Waals surface area contributed by atoms with Crippen LogP contribution in [-0.4, -0.2) is 9.38 Å². The summed E-state index contributed by atoms with van der Waals surface area (Å²) >= 11 is 3.42. The molecule has 0 saturated carbocycles. The molecule has 0 unspecified atom stereocenters. The number of aromatic nitrogens is 2. The van der Waals surface area contributed by atoms with E-state index in [1.807, 2.05) is 53.2 Å². The van der Waals surface area contributed by atoms with Crippen molar-refractivity contribution in [3.8, 4) is 5.75 Å². The van der Waals surface area contributed by atoms with Crippen LogP contribution >= 0.6 is 15.9 Å². The third kappa shape index (κ3) is 2.42. The number of benzene rings is 1. The lowest BCUT2D eigenvalue weighted by Crippen LogP contribution is -1.99. The smallest absolute Gasteiger partial charge is 0.156 e. The summed E-state index contributed by atoms with van der Waals surface area (Å²) in [6.45, 7) is 0.383. The number of hydrogen-bond acceptors (Lipinski definition) is 3. The van der Waals surface area contributed by atoms with Gasteiger partial charge in [-0.1, -0.05) is 12.1 Å². The summed E-state index contributed by atoms with van der Waals surface area (Å²) in [5.74, 6) is 0.652. The zero-order valence-electron chi connectivity index (χ0n) is 10.1. The lowest BCUT2D eigenvalue weighted by atomic mass is 10.3. The van der Waals surface area contributed by atoms with E-state index in [-0.39, 0.29) is 0 Å². The molecule has 4 nitrogen and oxygen atoms in total. The summed E-state index contributed by atoms with van der Waals surface area (Å²) in [7, 11) is 0. The maximum atomic E-state index is 5.88. The third-order valence-corrected chi connectivity index (χ3v) is 3.40. The monoisotopic (exact) mass is 317 g/mol. The average Bonchev–Trinajstić information content (AvgIpc) is 2.81. The normalized spacial score (nSPS) is 10.8. The van der Waals surface area contributed by atoms with Crippen molar-refractivity contribution in [2.75, 3.05) is 5.73 Å². The maximum Gasteiger partial charge on any atom is 0.156 e. The molecule has 2 heterocycles. The number of halogens is 1. The van der Waals surface area contributed by atoms with Crippen LogP contribution < -0.4 is 10.5 Å². The predicted octanol–water partition coefficient (Wildman–Crippen LogP) is 3.26. The highest BCUT2D eigenvalue weighted by Crippen LogP contribution is 2.31. The van der Waals surface area contributed by atoms with Crippen LogP contribution in [0.4, 0.5) is 5.69 Å². The van der Waals surface area contributed by atoms with Crippen LogP contribution in [0.15, 0.2) is 53.3 Å². The first-order valence-corrected chi connectivity index (χ1v) is 6.63. The number of anilines is 1.